The summed E-state index contributed by atoms with van der Waals surface area (Å²) in [5.41, 5.74) is 1.09. The van der Waals surface area contributed by atoms with E-state index in [0.717, 1.165) is 11.6 Å². The lowest BCUT2D eigenvalue weighted by Crippen LogP contribution is -2.10. The van der Waals surface area contributed by atoms with Gasteiger partial charge in [-0.05, 0) is 25.0 Å². The molecular weight excluding hydrogens is 345 g/mol. The van der Waals surface area contributed by atoms with E-state index in [-0.39, 0.29) is 16.9 Å². The van der Waals surface area contributed by atoms with E-state index < -0.39 is 17.5 Å². The zero-order chi connectivity index (χ0) is 18.7. The maximum Gasteiger partial charge on any atom is 0.247 e. The van der Waals surface area contributed by atoms with Crippen LogP contribution in [-0.4, -0.2) is 21.5 Å². The van der Waals surface area contributed by atoms with Gasteiger partial charge in [0, 0.05) is 36.6 Å². The number of aromatic nitrogens is 3. The fourth-order valence-electron chi connectivity index (χ4n) is 2.41. The molecule has 0 saturated heterocycles. The van der Waals surface area contributed by atoms with Crippen molar-refractivity contribution in [3.05, 3.63) is 75.6 Å². The lowest BCUT2D eigenvalue weighted by atomic mass is 10.2. The molecule has 3 aromatic rings. The Kier molecular flexibility index (Phi) is 5.01. The van der Waals surface area contributed by atoms with E-state index in [4.69, 9.17) is 0 Å². The molecule has 5 nitrogen and oxygen atoms in total. The van der Waals surface area contributed by atoms with E-state index in [1.807, 2.05) is 0 Å². The van der Waals surface area contributed by atoms with Crippen LogP contribution in [0.5, 0.6) is 0 Å². The average Bonchev–Trinajstić information content (AvgIpc) is 2.59. The normalized spacial score (nSPS) is 10.8. The molecular formula is C18H15F3N4O. The molecule has 134 valence electrons. The molecule has 0 spiro atoms. The molecule has 26 heavy (non-hydrogen) atoms. The first-order valence-electron chi connectivity index (χ1n) is 7.84. The molecule has 0 radical (unpaired) electrons. The van der Waals surface area contributed by atoms with Gasteiger partial charge < -0.3 is 10.3 Å². The molecule has 0 bridgehead atoms. The van der Waals surface area contributed by atoms with Crippen molar-refractivity contribution in [3.63, 3.8) is 0 Å². The number of aromatic amines is 1. The summed E-state index contributed by atoms with van der Waals surface area (Å²) in [6.07, 6.45) is 2.24. The number of pyridine rings is 1. The topological polar surface area (TPSA) is 70.7 Å². The quantitative estimate of drug-likeness (QED) is 0.686. The van der Waals surface area contributed by atoms with Crippen LogP contribution >= 0.6 is 0 Å². The standard InChI is InChI=1S/C18H15F3N4O/c1-10-6-16(22-5-4-11-2-3-17(26)23-9-11)25-18(24-10)12-7-14(20)15(21)8-13(12)19/h2-3,6-9H,4-5H2,1H3,(H,23,26)(H,22,24,25). The van der Waals surface area contributed by atoms with Gasteiger partial charge in [-0.15, -0.1) is 0 Å². The second-order valence-corrected chi connectivity index (χ2v) is 5.70. The largest absolute Gasteiger partial charge is 0.370 e. The molecule has 0 aliphatic rings. The van der Waals surface area contributed by atoms with Crippen molar-refractivity contribution in [2.24, 2.45) is 0 Å². The van der Waals surface area contributed by atoms with Gasteiger partial charge in [0.2, 0.25) is 5.56 Å². The van der Waals surface area contributed by atoms with E-state index in [0.29, 0.717) is 30.5 Å². The van der Waals surface area contributed by atoms with Gasteiger partial charge in [-0.1, -0.05) is 6.07 Å². The van der Waals surface area contributed by atoms with Gasteiger partial charge in [-0.25, -0.2) is 23.1 Å². The van der Waals surface area contributed by atoms with Crippen LogP contribution in [0.4, 0.5) is 19.0 Å². The van der Waals surface area contributed by atoms with Crippen molar-refractivity contribution in [1.29, 1.82) is 0 Å². The molecule has 2 heterocycles. The number of halogens is 3. The van der Waals surface area contributed by atoms with Crippen molar-refractivity contribution in [2.75, 3.05) is 11.9 Å². The Morgan fingerprint density at radius 1 is 1.04 bits per heavy atom. The monoisotopic (exact) mass is 360 g/mol. The smallest absolute Gasteiger partial charge is 0.247 e. The summed E-state index contributed by atoms with van der Waals surface area (Å²) >= 11 is 0. The Labute approximate surface area is 147 Å². The third-order valence-electron chi connectivity index (χ3n) is 3.67. The van der Waals surface area contributed by atoms with Crippen LogP contribution < -0.4 is 10.9 Å². The predicted octanol–water partition coefficient (Wildman–Crippen LogP) is 3.21. The van der Waals surface area contributed by atoms with Crippen molar-refractivity contribution in [2.45, 2.75) is 13.3 Å². The van der Waals surface area contributed by atoms with Crippen molar-refractivity contribution >= 4 is 5.82 Å². The number of aryl methyl sites for hydroxylation is 1. The lowest BCUT2D eigenvalue weighted by molar-refractivity contribution is 0.496. The van der Waals surface area contributed by atoms with E-state index >= 15 is 0 Å². The number of nitrogens with one attached hydrogen (secondary N) is 2. The fourth-order valence-corrected chi connectivity index (χ4v) is 2.41. The van der Waals surface area contributed by atoms with Gasteiger partial charge in [0.05, 0.1) is 5.56 Å². The molecule has 3 rings (SSSR count). The molecule has 0 saturated carbocycles. The molecule has 0 unspecified atom stereocenters. The number of nitrogens with zero attached hydrogens (tertiary/aromatic N) is 2. The van der Waals surface area contributed by atoms with Crippen LogP contribution in [0.25, 0.3) is 11.4 Å². The Hall–Kier alpha value is -3.16. The lowest BCUT2D eigenvalue weighted by Gasteiger charge is -2.09. The van der Waals surface area contributed by atoms with E-state index in [9.17, 15) is 18.0 Å². The predicted molar refractivity (Wildman–Crippen MR) is 91.3 cm³/mol. The highest BCUT2D eigenvalue weighted by molar-refractivity contribution is 5.58. The van der Waals surface area contributed by atoms with Gasteiger partial charge >= 0.3 is 0 Å². The zero-order valence-electron chi connectivity index (χ0n) is 13.8. The molecule has 0 aliphatic carbocycles. The molecule has 2 aromatic heterocycles. The van der Waals surface area contributed by atoms with E-state index in [1.54, 1.807) is 25.3 Å². The molecule has 0 aliphatic heterocycles. The van der Waals surface area contributed by atoms with Crippen LogP contribution in [0, 0.1) is 24.4 Å². The van der Waals surface area contributed by atoms with Crippen molar-refractivity contribution < 1.29 is 13.2 Å². The van der Waals surface area contributed by atoms with Crippen LogP contribution in [0.3, 0.4) is 0 Å². The second-order valence-electron chi connectivity index (χ2n) is 5.70. The van der Waals surface area contributed by atoms with Crippen molar-refractivity contribution in [3.8, 4) is 11.4 Å². The summed E-state index contributed by atoms with van der Waals surface area (Å²) in [6.45, 7) is 2.19. The summed E-state index contributed by atoms with van der Waals surface area (Å²) in [5, 5.41) is 3.07. The highest BCUT2D eigenvalue weighted by Gasteiger charge is 2.15. The number of rotatable bonds is 5. The number of H-pyrrole nitrogens is 1. The third kappa shape index (κ3) is 4.08. The maximum atomic E-state index is 13.9. The van der Waals surface area contributed by atoms with Gasteiger partial charge in [-0.2, -0.15) is 0 Å². The van der Waals surface area contributed by atoms with Gasteiger partial charge in [0.25, 0.3) is 0 Å². The summed E-state index contributed by atoms with van der Waals surface area (Å²) in [7, 11) is 0. The molecule has 0 amide bonds. The molecule has 0 fully saturated rings. The summed E-state index contributed by atoms with van der Waals surface area (Å²) < 4.78 is 40.5. The minimum atomic E-state index is -1.27. The molecule has 2 N–H and O–H groups in total. The minimum absolute atomic E-state index is 0.0343. The third-order valence-corrected chi connectivity index (χ3v) is 3.67. The summed E-state index contributed by atoms with van der Waals surface area (Å²) in [6, 6.07) is 6.03. The van der Waals surface area contributed by atoms with Gasteiger partial charge in [0.15, 0.2) is 17.5 Å². The number of hydrogen-bond acceptors (Lipinski definition) is 4. The van der Waals surface area contributed by atoms with Gasteiger partial charge in [0.1, 0.15) is 11.6 Å². The number of benzene rings is 1. The highest BCUT2D eigenvalue weighted by atomic mass is 19.2. The first-order chi connectivity index (χ1) is 12.4. The van der Waals surface area contributed by atoms with Crippen LogP contribution in [-0.2, 0) is 6.42 Å². The van der Waals surface area contributed by atoms with Crippen LogP contribution in [0.1, 0.15) is 11.3 Å². The maximum absolute atomic E-state index is 13.9. The zero-order valence-corrected chi connectivity index (χ0v) is 13.8. The molecule has 0 atom stereocenters. The SMILES string of the molecule is Cc1cc(NCCc2ccc(=O)[nH]c2)nc(-c2cc(F)c(F)cc2F)n1. The highest BCUT2D eigenvalue weighted by Crippen LogP contribution is 2.23. The Bertz CT molecular complexity index is 984. The van der Waals surface area contributed by atoms with Crippen molar-refractivity contribution in [1.82, 2.24) is 15.0 Å². The van der Waals surface area contributed by atoms with Crippen LogP contribution in [0.15, 0.2) is 41.3 Å². The molecule has 8 heteroatoms. The Balaban J connectivity index is 1.78. The average molecular weight is 360 g/mol. The summed E-state index contributed by atoms with van der Waals surface area (Å²) in [5.74, 6) is -2.97. The summed E-state index contributed by atoms with van der Waals surface area (Å²) in [4.78, 5) is 21.9. The Morgan fingerprint density at radius 3 is 2.54 bits per heavy atom. The van der Waals surface area contributed by atoms with E-state index in [2.05, 4.69) is 20.3 Å². The van der Waals surface area contributed by atoms with Gasteiger partial charge in [-0.3, -0.25) is 4.79 Å². The van der Waals surface area contributed by atoms with E-state index in [1.165, 1.54) is 6.07 Å². The first-order valence-corrected chi connectivity index (χ1v) is 7.84. The second kappa shape index (κ2) is 7.38. The number of anilines is 1. The van der Waals surface area contributed by atoms with Crippen LogP contribution in [0.2, 0.25) is 0 Å². The number of hydrogen-bond donors (Lipinski definition) is 2. The molecule has 1 aromatic carbocycles. The fraction of sp³-hybridized carbons (Fsp3) is 0.167. The first kappa shape index (κ1) is 17.7. The minimum Gasteiger partial charge on any atom is -0.370 e. The Morgan fingerprint density at radius 2 is 1.81 bits per heavy atom.